The molecular formula is C24H23BrN2O3S. The Morgan fingerprint density at radius 2 is 1.97 bits per heavy atom. The Bertz CT molecular complexity index is 1020. The summed E-state index contributed by atoms with van der Waals surface area (Å²) in [5, 5.41) is 3.82. The predicted octanol–water partition coefficient (Wildman–Crippen LogP) is 6.20. The van der Waals surface area contributed by atoms with Crippen LogP contribution in [0.4, 0.5) is 5.69 Å². The average molecular weight is 499 g/mol. The van der Waals surface area contributed by atoms with Crippen LogP contribution in [0.2, 0.25) is 0 Å². The lowest BCUT2D eigenvalue weighted by atomic mass is 10.1. The molecule has 1 saturated heterocycles. The second kappa shape index (κ2) is 10.8. The third-order valence-electron chi connectivity index (χ3n) is 4.88. The molecule has 31 heavy (non-hydrogen) atoms. The molecule has 0 spiro atoms. The molecule has 3 aromatic rings. The first kappa shape index (κ1) is 21.9. The smallest absolute Gasteiger partial charge is 0.256 e. The minimum atomic E-state index is -0.190. The fourth-order valence-electron chi connectivity index (χ4n) is 3.29. The van der Waals surface area contributed by atoms with Crippen molar-refractivity contribution in [2.24, 2.45) is 0 Å². The first-order valence-electron chi connectivity index (χ1n) is 10.2. The van der Waals surface area contributed by atoms with Crippen molar-refractivity contribution >= 4 is 39.3 Å². The van der Waals surface area contributed by atoms with E-state index in [0.29, 0.717) is 23.6 Å². The quantitative estimate of drug-likeness (QED) is 0.420. The summed E-state index contributed by atoms with van der Waals surface area (Å²) in [6.45, 7) is 1.27. The number of ether oxygens (including phenoxy) is 2. The molecule has 5 nitrogen and oxygen atoms in total. The van der Waals surface area contributed by atoms with Crippen LogP contribution in [0.15, 0.2) is 81.3 Å². The maximum Gasteiger partial charge on any atom is 0.256 e. The van der Waals surface area contributed by atoms with E-state index in [4.69, 9.17) is 9.47 Å². The summed E-state index contributed by atoms with van der Waals surface area (Å²) in [4.78, 5) is 18.3. The molecule has 1 aliphatic rings. The van der Waals surface area contributed by atoms with E-state index in [9.17, 15) is 4.79 Å². The number of anilines is 1. The maximum absolute atomic E-state index is 13.1. The Balaban J connectivity index is 1.47. The van der Waals surface area contributed by atoms with Gasteiger partial charge in [0.1, 0.15) is 17.4 Å². The van der Waals surface area contributed by atoms with Crippen molar-refractivity contribution in [2.75, 3.05) is 18.5 Å². The Labute approximate surface area is 194 Å². The molecule has 1 aromatic heterocycles. The lowest BCUT2D eigenvalue weighted by molar-refractivity contribution is -0.0109. The number of para-hydroxylation sites is 2. The number of rotatable bonds is 7. The van der Waals surface area contributed by atoms with E-state index in [2.05, 4.69) is 26.2 Å². The minimum Gasteiger partial charge on any atom is -0.489 e. The number of hydrogen-bond donors (Lipinski definition) is 1. The number of amides is 1. The Hall–Kier alpha value is -2.35. The zero-order valence-corrected chi connectivity index (χ0v) is 19.3. The summed E-state index contributed by atoms with van der Waals surface area (Å²) >= 11 is 4.85. The van der Waals surface area contributed by atoms with Gasteiger partial charge in [0.15, 0.2) is 0 Å². The van der Waals surface area contributed by atoms with E-state index in [1.54, 1.807) is 6.20 Å². The number of halogens is 1. The molecule has 7 heteroatoms. The molecule has 0 aliphatic carbocycles. The van der Waals surface area contributed by atoms with Crippen LogP contribution in [0, 0.1) is 0 Å². The van der Waals surface area contributed by atoms with Gasteiger partial charge in [0.05, 0.1) is 17.4 Å². The number of pyridine rings is 1. The van der Waals surface area contributed by atoms with E-state index in [-0.39, 0.29) is 12.0 Å². The van der Waals surface area contributed by atoms with Gasteiger partial charge >= 0.3 is 0 Å². The van der Waals surface area contributed by atoms with E-state index in [1.807, 2.05) is 60.7 Å². The van der Waals surface area contributed by atoms with Crippen molar-refractivity contribution in [3.05, 3.63) is 76.9 Å². The molecule has 160 valence electrons. The minimum absolute atomic E-state index is 0.105. The summed E-state index contributed by atoms with van der Waals surface area (Å²) < 4.78 is 12.7. The normalized spacial score (nSPS) is 16.0. The van der Waals surface area contributed by atoms with Crippen LogP contribution in [0.3, 0.4) is 0 Å². The van der Waals surface area contributed by atoms with Gasteiger partial charge in [-0.2, -0.15) is 0 Å². The highest BCUT2D eigenvalue weighted by molar-refractivity contribution is 9.10. The molecular weight excluding hydrogens is 476 g/mol. The molecule has 2 heterocycles. The van der Waals surface area contributed by atoms with Gasteiger partial charge in [-0.05, 0) is 71.6 Å². The van der Waals surface area contributed by atoms with E-state index < -0.39 is 0 Å². The average Bonchev–Trinajstić information content (AvgIpc) is 2.81. The first-order chi connectivity index (χ1) is 15.2. The van der Waals surface area contributed by atoms with Gasteiger partial charge in [0.2, 0.25) is 0 Å². The summed E-state index contributed by atoms with van der Waals surface area (Å²) in [5.74, 6) is 0.454. The second-order valence-corrected chi connectivity index (χ2v) is 9.14. The second-order valence-electron chi connectivity index (χ2n) is 7.16. The molecule has 4 rings (SSSR count). The zero-order chi connectivity index (χ0) is 21.5. The van der Waals surface area contributed by atoms with Gasteiger partial charge in [0.25, 0.3) is 5.91 Å². The Morgan fingerprint density at radius 3 is 2.77 bits per heavy atom. The summed E-state index contributed by atoms with van der Waals surface area (Å²) in [5.41, 5.74) is 1.23. The Kier molecular flexibility index (Phi) is 7.61. The van der Waals surface area contributed by atoms with E-state index in [0.717, 1.165) is 40.3 Å². The number of benzene rings is 2. The first-order valence-corrected chi connectivity index (χ1v) is 11.8. The molecule has 2 aromatic carbocycles. The molecule has 1 N–H and O–H groups in total. The third-order valence-corrected chi connectivity index (χ3v) is 6.38. The molecule has 1 fully saturated rings. The van der Waals surface area contributed by atoms with Gasteiger partial charge in [0, 0.05) is 22.2 Å². The van der Waals surface area contributed by atoms with Crippen LogP contribution in [0.25, 0.3) is 0 Å². The van der Waals surface area contributed by atoms with Crippen LogP contribution < -0.4 is 10.1 Å². The highest BCUT2D eigenvalue weighted by Gasteiger charge is 2.17. The molecule has 0 bridgehead atoms. The van der Waals surface area contributed by atoms with Gasteiger partial charge in [-0.1, -0.05) is 36.0 Å². The highest BCUT2D eigenvalue weighted by atomic mass is 79.9. The van der Waals surface area contributed by atoms with Gasteiger partial charge in [-0.3, -0.25) is 4.79 Å². The van der Waals surface area contributed by atoms with Gasteiger partial charge < -0.3 is 14.8 Å². The van der Waals surface area contributed by atoms with Crippen LogP contribution in [0.5, 0.6) is 5.75 Å². The predicted molar refractivity (Wildman–Crippen MR) is 126 cm³/mol. The summed E-state index contributed by atoms with van der Waals surface area (Å²) in [6.07, 6.45) is 5.12. The molecule has 1 aliphatic heterocycles. The number of carbonyl (C=O) groups is 1. The van der Waals surface area contributed by atoms with Crippen LogP contribution >= 0.6 is 27.7 Å². The zero-order valence-electron chi connectivity index (χ0n) is 16.9. The van der Waals surface area contributed by atoms with Crippen molar-refractivity contribution in [1.82, 2.24) is 4.98 Å². The van der Waals surface area contributed by atoms with E-state index >= 15 is 0 Å². The topological polar surface area (TPSA) is 60.5 Å². The fourth-order valence-corrected chi connectivity index (χ4v) is 4.40. The SMILES string of the molecule is O=C(Nc1ccccc1OCC1CCCCO1)c1ccccc1Sc1ccc(Br)cn1. The fraction of sp³-hybridized carbons (Fsp3) is 0.250. The molecule has 1 unspecified atom stereocenters. The van der Waals surface area contributed by atoms with Crippen LogP contribution in [-0.2, 0) is 4.74 Å². The van der Waals surface area contributed by atoms with Gasteiger partial charge in [-0.15, -0.1) is 0 Å². The van der Waals surface area contributed by atoms with Crippen molar-refractivity contribution in [3.8, 4) is 5.75 Å². The number of carbonyl (C=O) groups excluding carboxylic acids is 1. The summed E-state index contributed by atoms with van der Waals surface area (Å²) in [7, 11) is 0. The van der Waals surface area contributed by atoms with Crippen molar-refractivity contribution in [2.45, 2.75) is 35.3 Å². The molecule has 0 saturated carbocycles. The standard InChI is InChI=1S/C24H23BrN2O3S/c25-17-12-13-23(26-15-17)31-22-11-4-1-8-19(22)24(28)27-20-9-2-3-10-21(20)30-16-18-7-5-6-14-29-18/h1-4,8-13,15,18H,5-7,14,16H2,(H,27,28). The number of hydrogen-bond acceptors (Lipinski definition) is 5. The highest BCUT2D eigenvalue weighted by Crippen LogP contribution is 2.31. The van der Waals surface area contributed by atoms with Crippen molar-refractivity contribution < 1.29 is 14.3 Å². The third kappa shape index (κ3) is 6.09. The van der Waals surface area contributed by atoms with Crippen LogP contribution in [0.1, 0.15) is 29.6 Å². The summed E-state index contributed by atoms with van der Waals surface area (Å²) in [6, 6.07) is 18.9. The Morgan fingerprint density at radius 1 is 1.13 bits per heavy atom. The maximum atomic E-state index is 13.1. The molecule has 0 radical (unpaired) electrons. The van der Waals surface area contributed by atoms with Gasteiger partial charge in [-0.25, -0.2) is 4.98 Å². The number of aromatic nitrogens is 1. The largest absolute Gasteiger partial charge is 0.489 e. The molecule has 1 atom stereocenters. The molecule has 1 amide bonds. The van der Waals surface area contributed by atoms with Crippen molar-refractivity contribution in [1.29, 1.82) is 0 Å². The van der Waals surface area contributed by atoms with E-state index in [1.165, 1.54) is 11.8 Å². The lowest BCUT2D eigenvalue weighted by Gasteiger charge is -2.23. The van der Waals surface area contributed by atoms with Crippen molar-refractivity contribution in [3.63, 3.8) is 0 Å². The monoisotopic (exact) mass is 498 g/mol. The van der Waals surface area contributed by atoms with Crippen LogP contribution in [-0.4, -0.2) is 30.2 Å². The number of nitrogens with zero attached hydrogens (tertiary/aromatic N) is 1. The lowest BCUT2D eigenvalue weighted by Crippen LogP contribution is -2.26. The number of nitrogens with one attached hydrogen (secondary N) is 1.